The van der Waals surface area contributed by atoms with Crippen LogP contribution in [0.5, 0.6) is 11.5 Å². The molecule has 1 aromatic carbocycles. The van der Waals surface area contributed by atoms with Gasteiger partial charge in [0.15, 0.2) is 18.1 Å². The highest BCUT2D eigenvalue weighted by atomic mass is 79.9. The summed E-state index contributed by atoms with van der Waals surface area (Å²) < 4.78 is 14.3. The Morgan fingerprint density at radius 2 is 2.04 bits per heavy atom. The monoisotopic (exact) mass is 457 g/mol. The van der Waals surface area contributed by atoms with E-state index in [0.717, 1.165) is 10.0 Å². The molecule has 0 saturated heterocycles. The van der Waals surface area contributed by atoms with E-state index in [2.05, 4.69) is 36.9 Å². The summed E-state index contributed by atoms with van der Waals surface area (Å²) in [5.74, 6) is 0.870. The maximum atomic E-state index is 12.0. The lowest BCUT2D eigenvalue weighted by Crippen LogP contribution is -2.43. The van der Waals surface area contributed by atoms with Gasteiger partial charge >= 0.3 is 0 Å². The van der Waals surface area contributed by atoms with E-state index in [4.69, 9.17) is 21.7 Å². The summed E-state index contributed by atoms with van der Waals surface area (Å²) >= 11 is 8.64. The zero-order valence-electron chi connectivity index (χ0n) is 15.8. The highest BCUT2D eigenvalue weighted by Crippen LogP contribution is 2.34. The molecule has 3 N–H and O–H groups in total. The molecule has 1 aromatic heterocycles. The molecule has 1 heterocycles. The second-order valence-corrected chi connectivity index (χ2v) is 8.02. The summed E-state index contributed by atoms with van der Waals surface area (Å²) in [5.41, 5.74) is 3.77. The van der Waals surface area contributed by atoms with Gasteiger partial charge in [0.1, 0.15) is 6.33 Å². The molecule has 2 rings (SSSR count). The van der Waals surface area contributed by atoms with Gasteiger partial charge in [-0.05, 0) is 57.6 Å². The normalized spacial score (nSPS) is 11.1. The molecule has 2 aromatic rings. The number of ether oxygens (including phenoxy) is 2. The Morgan fingerprint density at radius 1 is 1.33 bits per heavy atom. The van der Waals surface area contributed by atoms with E-state index in [-0.39, 0.29) is 18.1 Å². The van der Waals surface area contributed by atoms with Crippen molar-refractivity contribution in [3.05, 3.63) is 33.3 Å². The van der Waals surface area contributed by atoms with Crippen molar-refractivity contribution in [2.45, 2.75) is 39.8 Å². The molecule has 0 saturated carbocycles. The molecular weight excluding hydrogens is 434 g/mol. The lowest BCUT2D eigenvalue weighted by molar-refractivity contribution is -0.124. The maximum absolute atomic E-state index is 12.0. The smallest absolute Gasteiger partial charge is 0.258 e. The first-order chi connectivity index (χ1) is 12.7. The first-order valence-electron chi connectivity index (χ1n) is 8.44. The Bertz CT molecular complexity index is 844. The number of hydrogen-bond acceptors (Lipinski definition) is 6. The third kappa shape index (κ3) is 6.55. The Kier molecular flexibility index (Phi) is 7.25. The fourth-order valence-electron chi connectivity index (χ4n) is 2.22. The number of hydrogen-bond donors (Lipinski definition) is 3. The Morgan fingerprint density at radius 3 is 2.63 bits per heavy atom. The summed E-state index contributed by atoms with van der Waals surface area (Å²) in [7, 11) is 0. The summed E-state index contributed by atoms with van der Waals surface area (Å²) in [6.45, 7) is 8.51. The van der Waals surface area contributed by atoms with Crippen molar-refractivity contribution in [3.8, 4) is 11.5 Å². The van der Waals surface area contributed by atoms with E-state index in [9.17, 15) is 4.79 Å². The molecular formula is C17H24BrN5O3S. The molecule has 0 aliphatic heterocycles. The van der Waals surface area contributed by atoms with E-state index >= 15 is 0 Å². The molecule has 1 amide bonds. The molecule has 0 radical (unpaired) electrons. The number of H-pyrrole nitrogens is 1. The number of rotatable bonds is 8. The van der Waals surface area contributed by atoms with Crippen molar-refractivity contribution < 1.29 is 14.3 Å². The number of carbonyl (C=O) groups excluding carboxylic acids is 1. The minimum absolute atomic E-state index is 0.0917. The van der Waals surface area contributed by atoms with Crippen LogP contribution in [0.3, 0.4) is 0 Å². The molecule has 0 fully saturated rings. The molecule has 27 heavy (non-hydrogen) atoms. The predicted octanol–water partition coefficient (Wildman–Crippen LogP) is 3.14. The van der Waals surface area contributed by atoms with E-state index < -0.39 is 0 Å². The van der Waals surface area contributed by atoms with E-state index in [1.165, 1.54) is 0 Å². The van der Waals surface area contributed by atoms with Gasteiger partial charge in [0, 0.05) is 10.0 Å². The maximum Gasteiger partial charge on any atom is 0.258 e. The molecule has 0 atom stereocenters. The van der Waals surface area contributed by atoms with Crippen molar-refractivity contribution >= 4 is 34.1 Å². The number of benzene rings is 1. The van der Waals surface area contributed by atoms with Gasteiger partial charge in [-0.1, -0.05) is 15.9 Å². The van der Waals surface area contributed by atoms with Gasteiger partial charge < -0.3 is 20.2 Å². The molecule has 0 spiro atoms. The largest absolute Gasteiger partial charge is 0.490 e. The quantitative estimate of drug-likeness (QED) is 0.527. The van der Waals surface area contributed by atoms with Crippen molar-refractivity contribution in [2.75, 3.05) is 18.6 Å². The summed E-state index contributed by atoms with van der Waals surface area (Å²) in [4.78, 5) is 12.0. The van der Waals surface area contributed by atoms with Gasteiger partial charge in [-0.15, -0.1) is 0 Å². The lowest BCUT2D eigenvalue weighted by atomic mass is 10.1. The minimum atomic E-state index is -0.312. The van der Waals surface area contributed by atoms with Gasteiger partial charge in [-0.2, -0.15) is 5.10 Å². The van der Waals surface area contributed by atoms with Crippen LogP contribution in [0.1, 0.15) is 33.3 Å². The number of nitrogens with one attached hydrogen (secondary N) is 3. The van der Waals surface area contributed by atoms with Crippen LogP contribution in [0, 0.1) is 4.77 Å². The van der Waals surface area contributed by atoms with Crippen LogP contribution in [-0.4, -0.2) is 39.5 Å². The first-order valence-corrected chi connectivity index (χ1v) is 9.64. The summed E-state index contributed by atoms with van der Waals surface area (Å²) in [5, 5.41) is 9.40. The summed E-state index contributed by atoms with van der Waals surface area (Å²) in [6.07, 6.45) is 1.56. The molecule has 0 unspecified atom stereocenters. The molecule has 0 aliphatic rings. The van der Waals surface area contributed by atoms with Crippen LogP contribution in [0.25, 0.3) is 0 Å². The van der Waals surface area contributed by atoms with Crippen LogP contribution >= 0.6 is 28.1 Å². The number of aromatic amines is 1. The fourth-order valence-corrected chi connectivity index (χ4v) is 2.85. The average Bonchev–Trinajstić information content (AvgIpc) is 2.97. The van der Waals surface area contributed by atoms with Crippen LogP contribution < -0.4 is 20.2 Å². The van der Waals surface area contributed by atoms with E-state index in [1.807, 2.05) is 33.8 Å². The SMILES string of the molecule is CCOc1cc(CNn2cn[nH]c2=S)c(Br)cc1OCC(=O)NC(C)(C)C. The number of aromatic nitrogens is 3. The minimum Gasteiger partial charge on any atom is -0.490 e. The van der Waals surface area contributed by atoms with Crippen LogP contribution in [-0.2, 0) is 11.3 Å². The van der Waals surface area contributed by atoms with Crippen LogP contribution in [0.2, 0.25) is 0 Å². The number of amides is 1. The van der Waals surface area contributed by atoms with E-state index in [1.54, 1.807) is 17.1 Å². The molecule has 148 valence electrons. The number of halogens is 1. The van der Waals surface area contributed by atoms with Crippen molar-refractivity contribution in [1.29, 1.82) is 0 Å². The lowest BCUT2D eigenvalue weighted by Gasteiger charge is -2.21. The Labute approximate surface area is 171 Å². The van der Waals surface area contributed by atoms with Crippen molar-refractivity contribution in [2.24, 2.45) is 0 Å². The van der Waals surface area contributed by atoms with Gasteiger partial charge in [0.25, 0.3) is 5.91 Å². The second kappa shape index (κ2) is 9.23. The molecule has 10 heteroatoms. The van der Waals surface area contributed by atoms with Crippen LogP contribution in [0.4, 0.5) is 0 Å². The number of carbonyl (C=O) groups is 1. The first kappa shape index (κ1) is 21.2. The molecule has 0 aliphatic carbocycles. The average molecular weight is 458 g/mol. The summed E-state index contributed by atoms with van der Waals surface area (Å²) in [6, 6.07) is 3.66. The topological polar surface area (TPSA) is 93.2 Å². The van der Waals surface area contributed by atoms with Gasteiger partial charge in [-0.25, -0.2) is 4.68 Å². The van der Waals surface area contributed by atoms with Crippen molar-refractivity contribution in [3.63, 3.8) is 0 Å². The van der Waals surface area contributed by atoms with Crippen molar-refractivity contribution in [1.82, 2.24) is 20.2 Å². The number of nitrogens with zero attached hydrogens (tertiary/aromatic N) is 2. The van der Waals surface area contributed by atoms with E-state index in [0.29, 0.717) is 29.4 Å². The Balaban J connectivity index is 2.11. The third-order valence-electron chi connectivity index (χ3n) is 3.28. The molecule has 0 bridgehead atoms. The van der Waals surface area contributed by atoms with Gasteiger partial charge in [0.05, 0.1) is 13.2 Å². The van der Waals surface area contributed by atoms with Gasteiger partial charge in [0.2, 0.25) is 4.77 Å². The highest BCUT2D eigenvalue weighted by Gasteiger charge is 2.16. The zero-order chi connectivity index (χ0) is 20.0. The van der Waals surface area contributed by atoms with Crippen LogP contribution in [0.15, 0.2) is 22.9 Å². The zero-order valence-corrected chi connectivity index (χ0v) is 18.2. The fraction of sp³-hybridized carbons (Fsp3) is 0.471. The van der Waals surface area contributed by atoms with Gasteiger partial charge in [-0.3, -0.25) is 9.89 Å². The third-order valence-corrected chi connectivity index (χ3v) is 4.30. The second-order valence-electron chi connectivity index (χ2n) is 6.78. The standard InChI is InChI=1S/C17H24BrN5O3S/c1-5-25-13-6-11(8-20-23-10-19-22-16(23)27)12(18)7-14(13)26-9-15(24)21-17(2,3)4/h6-7,10,20H,5,8-9H2,1-4H3,(H,21,24)(H,22,27). The Hall–Kier alpha value is -2.07. The predicted molar refractivity (Wildman–Crippen MR) is 109 cm³/mol. The molecule has 8 nitrogen and oxygen atoms in total. The highest BCUT2D eigenvalue weighted by molar-refractivity contribution is 9.10.